The lowest BCUT2D eigenvalue weighted by molar-refractivity contribution is -0.129. The van der Waals surface area contributed by atoms with E-state index in [4.69, 9.17) is 13.1 Å². The van der Waals surface area contributed by atoms with Crippen LogP contribution in [-0.2, 0) is 19.9 Å². The predicted octanol–water partition coefficient (Wildman–Crippen LogP) is 4.04. The van der Waals surface area contributed by atoms with Gasteiger partial charge in [-0.3, -0.25) is 0 Å². The molecule has 0 spiro atoms. The fourth-order valence-corrected chi connectivity index (χ4v) is 3.53. The topological polar surface area (TPSA) is 91.3 Å². The first-order chi connectivity index (χ1) is 14.9. The number of aryl methyl sites for hydroxylation is 1. The Morgan fingerprint density at radius 1 is 0.871 bits per heavy atom. The molecule has 1 aliphatic heterocycles. The van der Waals surface area contributed by atoms with Crippen LogP contribution in [0.15, 0.2) is 89.6 Å². The van der Waals surface area contributed by atoms with Crippen LogP contribution in [0.4, 0.5) is 0 Å². The first kappa shape index (κ1) is 20.4. The van der Waals surface area contributed by atoms with E-state index in [9.17, 15) is 13.2 Å². The molecule has 4 rings (SSSR count). The molecule has 0 fully saturated rings. The number of ether oxygens (including phenoxy) is 1. The number of para-hydroxylation sites is 1. The fourth-order valence-electron chi connectivity index (χ4n) is 2.77. The lowest BCUT2D eigenvalue weighted by Crippen LogP contribution is -2.17. The molecule has 0 aromatic heterocycles. The van der Waals surface area contributed by atoms with E-state index < -0.39 is 16.4 Å². The lowest BCUT2D eigenvalue weighted by Gasteiger charge is -2.10. The Balaban J connectivity index is 1.59. The van der Waals surface area contributed by atoms with Crippen LogP contribution >= 0.6 is 0 Å². The molecule has 0 saturated heterocycles. The Kier molecular flexibility index (Phi) is 5.55. The van der Waals surface area contributed by atoms with Crippen molar-refractivity contribution in [2.24, 2.45) is 4.99 Å². The molecule has 3 aromatic rings. The maximum Gasteiger partial charge on any atom is 0.501 e. The van der Waals surface area contributed by atoms with E-state index in [0.29, 0.717) is 11.1 Å². The van der Waals surface area contributed by atoms with Crippen LogP contribution in [0.5, 0.6) is 11.5 Å². The lowest BCUT2D eigenvalue weighted by atomic mass is 10.1. The molecule has 0 unspecified atom stereocenters. The average molecular weight is 435 g/mol. The number of nitrogens with zero attached hydrogens (tertiary/aromatic N) is 1. The normalized spacial score (nSPS) is 14.8. The minimum Gasteiger partial charge on any atom is -0.402 e. The van der Waals surface area contributed by atoms with Gasteiger partial charge in [-0.1, -0.05) is 54.1 Å². The van der Waals surface area contributed by atoms with E-state index in [0.717, 1.165) is 5.56 Å². The van der Waals surface area contributed by atoms with Gasteiger partial charge in [-0.25, -0.2) is 9.79 Å². The molecule has 156 valence electrons. The molecule has 0 atom stereocenters. The van der Waals surface area contributed by atoms with Crippen LogP contribution in [0.1, 0.15) is 16.7 Å². The predicted molar refractivity (Wildman–Crippen MR) is 115 cm³/mol. The van der Waals surface area contributed by atoms with Gasteiger partial charge in [-0.15, -0.1) is 8.42 Å². The Morgan fingerprint density at radius 2 is 1.55 bits per heavy atom. The van der Waals surface area contributed by atoms with E-state index >= 15 is 0 Å². The van der Waals surface area contributed by atoms with Crippen molar-refractivity contribution in [2.75, 3.05) is 0 Å². The summed E-state index contributed by atoms with van der Waals surface area (Å²) in [7, 11) is -4.41. The van der Waals surface area contributed by atoms with Gasteiger partial charge < -0.3 is 13.1 Å². The van der Waals surface area contributed by atoms with Crippen molar-refractivity contribution >= 4 is 28.3 Å². The van der Waals surface area contributed by atoms with E-state index in [1.54, 1.807) is 54.6 Å². The Labute approximate surface area is 179 Å². The van der Waals surface area contributed by atoms with Crippen molar-refractivity contribution in [3.8, 4) is 11.5 Å². The fraction of sp³-hybridized carbons (Fsp3) is 0.0435. The number of carbonyl (C=O) groups is 1. The van der Waals surface area contributed by atoms with Crippen LogP contribution in [0, 0.1) is 6.92 Å². The van der Waals surface area contributed by atoms with Gasteiger partial charge in [0.1, 0.15) is 5.75 Å². The monoisotopic (exact) mass is 435 g/mol. The molecule has 0 radical (unpaired) electrons. The van der Waals surface area contributed by atoms with E-state index in [2.05, 4.69) is 4.99 Å². The van der Waals surface area contributed by atoms with E-state index in [-0.39, 0.29) is 23.1 Å². The summed E-state index contributed by atoms with van der Waals surface area (Å²) in [6.45, 7) is 1.87. The highest BCUT2D eigenvalue weighted by atomic mass is 32.3. The van der Waals surface area contributed by atoms with Gasteiger partial charge in [0, 0.05) is 11.1 Å². The highest BCUT2D eigenvalue weighted by Gasteiger charge is 2.25. The molecule has 7 nitrogen and oxygen atoms in total. The Morgan fingerprint density at radius 3 is 2.29 bits per heavy atom. The zero-order valence-electron chi connectivity index (χ0n) is 16.4. The van der Waals surface area contributed by atoms with E-state index in [1.807, 2.05) is 13.0 Å². The maximum absolute atomic E-state index is 12.4. The smallest absolute Gasteiger partial charge is 0.402 e. The highest BCUT2D eigenvalue weighted by Crippen LogP contribution is 2.26. The second kappa shape index (κ2) is 8.45. The van der Waals surface area contributed by atoms with Crippen molar-refractivity contribution < 1.29 is 26.3 Å². The number of rotatable bonds is 6. The average Bonchev–Trinajstić information content (AvgIpc) is 3.12. The zero-order chi connectivity index (χ0) is 21.8. The number of hydrogen-bond acceptors (Lipinski definition) is 7. The van der Waals surface area contributed by atoms with Crippen LogP contribution < -0.4 is 8.37 Å². The van der Waals surface area contributed by atoms with Gasteiger partial charge in [-0.05, 0) is 43.3 Å². The zero-order valence-corrected chi connectivity index (χ0v) is 17.2. The van der Waals surface area contributed by atoms with Crippen LogP contribution in [0.2, 0.25) is 0 Å². The standard InChI is InChI=1S/C23H17NO6S/c1-16-11-13-19(14-12-16)29-31(26,27)30-21-10-6-5-9-18(21)15-20-23(25)28-22(24-20)17-7-3-2-4-8-17/h2-15H,1H3. The van der Waals surface area contributed by atoms with Crippen molar-refractivity contribution in [1.29, 1.82) is 0 Å². The van der Waals surface area contributed by atoms with Crippen LogP contribution in [0.25, 0.3) is 6.08 Å². The van der Waals surface area contributed by atoms with Gasteiger partial charge in [0.2, 0.25) is 5.90 Å². The molecular formula is C23H17NO6S. The minimum absolute atomic E-state index is 0.0155. The second-order valence-corrected chi connectivity index (χ2v) is 7.78. The third kappa shape index (κ3) is 4.99. The molecule has 0 aliphatic carbocycles. The minimum atomic E-state index is -4.41. The van der Waals surface area contributed by atoms with Crippen LogP contribution in [-0.4, -0.2) is 20.3 Å². The largest absolute Gasteiger partial charge is 0.501 e. The molecule has 1 heterocycles. The third-order valence-corrected chi connectivity index (χ3v) is 5.04. The first-order valence-electron chi connectivity index (χ1n) is 9.27. The number of benzene rings is 3. The SMILES string of the molecule is Cc1ccc(OS(=O)(=O)Oc2ccccc2C=C2N=C(c3ccccc3)OC2=O)cc1. The summed E-state index contributed by atoms with van der Waals surface area (Å²) in [6.07, 6.45) is 1.40. The van der Waals surface area contributed by atoms with Gasteiger partial charge in [0.05, 0.1) is 0 Å². The first-order valence-corrected chi connectivity index (χ1v) is 10.6. The van der Waals surface area contributed by atoms with Gasteiger partial charge in [0.15, 0.2) is 11.4 Å². The molecule has 1 aliphatic rings. The maximum atomic E-state index is 12.4. The van der Waals surface area contributed by atoms with Crippen molar-refractivity contribution in [1.82, 2.24) is 0 Å². The van der Waals surface area contributed by atoms with Crippen molar-refractivity contribution in [3.05, 3.63) is 101 Å². The summed E-state index contributed by atoms with van der Waals surface area (Å²) in [6, 6.07) is 21.8. The second-order valence-electron chi connectivity index (χ2n) is 6.63. The molecule has 3 aromatic carbocycles. The van der Waals surface area contributed by atoms with E-state index in [1.165, 1.54) is 24.3 Å². The summed E-state index contributed by atoms with van der Waals surface area (Å²) >= 11 is 0. The number of esters is 1. The Hall–Kier alpha value is -3.91. The van der Waals surface area contributed by atoms with Crippen molar-refractivity contribution in [2.45, 2.75) is 6.92 Å². The molecular weight excluding hydrogens is 418 g/mol. The molecule has 0 saturated carbocycles. The summed E-state index contributed by atoms with van der Waals surface area (Å²) in [5, 5.41) is 0. The highest BCUT2D eigenvalue weighted by molar-refractivity contribution is 7.82. The number of carbonyl (C=O) groups excluding carboxylic acids is 1. The quantitative estimate of drug-likeness (QED) is 0.429. The molecule has 31 heavy (non-hydrogen) atoms. The Bertz CT molecular complexity index is 1280. The van der Waals surface area contributed by atoms with Crippen molar-refractivity contribution in [3.63, 3.8) is 0 Å². The molecule has 0 N–H and O–H groups in total. The molecule has 0 bridgehead atoms. The summed E-state index contributed by atoms with van der Waals surface area (Å²) in [4.78, 5) is 16.5. The number of aliphatic imine (C=N–C) groups is 1. The molecule has 0 amide bonds. The van der Waals surface area contributed by atoms with Gasteiger partial charge >= 0.3 is 16.4 Å². The summed E-state index contributed by atoms with van der Waals surface area (Å²) in [5.41, 5.74) is 1.95. The number of hydrogen-bond donors (Lipinski definition) is 0. The summed E-state index contributed by atoms with van der Waals surface area (Å²) in [5.74, 6) is -0.367. The number of cyclic esters (lactones) is 1. The third-order valence-electron chi connectivity index (χ3n) is 4.26. The van der Waals surface area contributed by atoms with Crippen LogP contribution in [0.3, 0.4) is 0 Å². The summed E-state index contributed by atoms with van der Waals surface area (Å²) < 4.78 is 40.1. The van der Waals surface area contributed by atoms with Gasteiger partial charge in [0.25, 0.3) is 0 Å². The molecule has 8 heteroatoms. The van der Waals surface area contributed by atoms with Gasteiger partial charge in [-0.2, -0.15) is 0 Å².